The fourth-order valence-electron chi connectivity index (χ4n) is 3.65. The summed E-state index contributed by atoms with van der Waals surface area (Å²) in [7, 11) is -5.96. The molecule has 1 unspecified atom stereocenters. The average Bonchev–Trinajstić information content (AvgIpc) is 3.28. The fourth-order valence-corrected chi connectivity index (χ4v) is 6.71. The van der Waals surface area contributed by atoms with Gasteiger partial charge in [-0.15, -0.1) is 11.3 Å². The van der Waals surface area contributed by atoms with E-state index in [1.54, 1.807) is 16.3 Å². The zero-order valence-electron chi connectivity index (χ0n) is 18.7. The molecule has 3 rings (SSSR count). The van der Waals surface area contributed by atoms with Gasteiger partial charge in [0.15, 0.2) is 5.60 Å². The van der Waals surface area contributed by atoms with E-state index in [1.807, 2.05) is 0 Å². The molecule has 14 heteroatoms. The summed E-state index contributed by atoms with van der Waals surface area (Å²) in [5.74, 6) is 0. The first-order chi connectivity index (χ1) is 15.5. The number of likely N-dealkylation sites (N-methyl/N-ethyl adjacent to an activating group) is 1. The van der Waals surface area contributed by atoms with Crippen LogP contribution in [0, 0.1) is 0 Å². The molecule has 2 atom stereocenters. The highest BCUT2D eigenvalue weighted by Gasteiger charge is 2.51. The molecule has 1 aromatic carbocycles. The molecule has 1 aromatic heterocycles. The van der Waals surface area contributed by atoms with Crippen LogP contribution in [0.1, 0.15) is 12.5 Å². The molecular formula is C20H26F3N3O5S3. The molecule has 1 N–H and O–H groups in total. The van der Waals surface area contributed by atoms with Gasteiger partial charge < -0.3 is 10.0 Å². The molecule has 1 aliphatic rings. The Bertz CT molecular complexity index is 1200. The van der Waals surface area contributed by atoms with Gasteiger partial charge in [-0.25, -0.2) is 21.1 Å². The number of anilines is 1. The number of rotatable bonds is 7. The second-order valence-electron chi connectivity index (χ2n) is 8.30. The number of hydrogen-bond acceptors (Lipinski definition) is 7. The van der Waals surface area contributed by atoms with Crippen molar-refractivity contribution in [3.05, 3.63) is 47.3 Å². The van der Waals surface area contributed by atoms with Crippen LogP contribution in [0.25, 0.3) is 0 Å². The van der Waals surface area contributed by atoms with Crippen molar-refractivity contribution in [2.24, 2.45) is 0 Å². The van der Waals surface area contributed by atoms with Crippen LogP contribution in [0.15, 0.2) is 46.0 Å². The Balaban J connectivity index is 1.91. The van der Waals surface area contributed by atoms with Crippen molar-refractivity contribution in [3.8, 4) is 0 Å². The third kappa shape index (κ3) is 5.41. The normalized spacial score (nSPS) is 20.5. The number of nitrogens with zero attached hydrogens (tertiary/aromatic N) is 3. The minimum absolute atomic E-state index is 0.0118. The van der Waals surface area contributed by atoms with Crippen molar-refractivity contribution in [2.45, 2.75) is 29.0 Å². The third-order valence-corrected chi connectivity index (χ3v) is 10.4. The molecule has 0 amide bonds. The number of halogens is 3. The molecule has 1 aliphatic heterocycles. The van der Waals surface area contributed by atoms with E-state index >= 15 is 0 Å². The lowest BCUT2D eigenvalue weighted by molar-refractivity contribution is -0.258. The van der Waals surface area contributed by atoms with E-state index < -0.39 is 37.9 Å². The van der Waals surface area contributed by atoms with E-state index in [4.69, 9.17) is 0 Å². The molecule has 2 aromatic rings. The van der Waals surface area contributed by atoms with Gasteiger partial charge in [-0.05, 0) is 36.1 Å². The van der Waals surface area contributed by atoms with E-state index in [0.29, 0.717) is 12.6 Å². The monoisotopic (exact) mass is 541 g/mol. The first-order valence-electron chi connectivity index (χ1n) is 10.2. The van der Waals surface area contributed by atoms with Crippen molar-refractivity contribution in [1.29, 1.82) is 0 Å². The number of benzene rings is 1. The average molecular weight is 542 g/mol. The summed E-state index contributed by atoms with van der Waals surface area (Å²) in [5.41, 5.74) is -2.89. The van der Waals surface area contributed by atoms with Gasteiger partial charge >= 0.3 is 6.18 Å². The zero-order valence-corrected chi connectivity index (χ0v) is 21.2. The Hall–Kier alpha value is -1.71. The fraction of sp³-hybridized carbons (Fsp3) is 0.500. The maximum absolute atomic E-state index is 13.2. The predicted molar refractivity (Wildman–Crippen MR) is 124 cm³/mol. The van der Waals surface area contributed by atoms with Gasteiger partial charge in [-0.2, -0.15) is 17.5 Å². The maximum atomic E-state index is 13.2. The predicted octanol–water partition coefficient (Wildman–Crippen LogP) is 2.29. The van der Waals surface area contributed by atoms with E-state index in [9.17, 15) is 35.1 Å². The molecule has 34 heavy (non-hydrogen) atoms. The first-order valence-corrected chi connectivity index (χ1v) is 14.3. The third-order valence-electron chi connectivity index (χ3n) is 5.88. The molecule has 1 fully saturated rings. The van der Waals surface area contributed by atoms with Crippen molar-refractivity contribution in [3.63, 3.8) is 0 Å². The Labute approximate surface area is 201 Å². The molecule has 0 bridgehead atoms. The summed E-state index contributed by atoms with van der Waals surface area (Å²) in [5, 5.41) is 11.6. The summed E-state index contributed by atoms with van der Waals surface area (Å²) in [6, 6.07) is 7.66. The lowest BCUT2D eigenvalue weighted by Gasteiger charge is -2.43. The Morgan fingerprint density at radius 3 is 2.24 bits per heavy atom. The van der Waals surface area contributed by atoms with Crippen LogP contribution in [-0.2, 0) is 25.6 Å². The highest BCUT2D eigenvalue weighted by molar-refractivity contribution is 7.91. The minimum Gasteiger partial charge on any atom is -0.376 e. The Morgan fingerprint density at radius 1 is 1.12 bits per heavy atom. The number of sulfonamides is 2. The summed E-state index contributed by atoms with van der Waals surface area (Å²) in [4.78, 5) is 1.77. The summed E-state index contributed by atoms with van der Waals surface area (Å²) >= 11 is 1.08. The second-order valence-corrected chi connectivity index (χ2v) is 13.5. The van der Waals surface area contributed by atoms with Gasteiger partial charge in [0.25, 0.3) is 10.0 Å². The lowest BCUT2D eigenvalue weighted by atomic mass is 9.95. The van der Waals surface area contributed by atoms with Crippen molar-refractivity contribution in [1.82, 2.24) is 8.61 Å². The quantitative estimate of drug-likeness (QED) is 0.578. The number of alkyl halides is 3. The molecule has 2 heterocycles. The van der Waals surface area contributed by atoms with Crippen molar-refractivity contribution < 1.29 is 35.1 Å². The largest absolute Gasteiger partial charge is 0.421 e. The van der Waals surface area contributed by atoms with Crippen molar-refractivity contribution in [2.75, 3.05) is 44.4 Å². The summed E-state index contributed by atoms with van der Waals surface area (Å²) < 4.78 is 92.2. The van der Waals surface area contributed by atoms with Gasteiger partial charge in [-0.1, -0.05) is 18.2 Å². The van der Waals surface area contributed by atoms with Gasteiger partial charge in [-0.3, -0.25) is 0 Å². The van der Waals surface area contributed by atoms with Crippen LogP contribution >= 0.6 is 11.3 Å². The van der Waals surface area contributed by atoms with Gasteiger partial charge in [0, 0.05) is 38.9 Å². The standard InChI is InChI=1S/C20H26F3N3O5S3/c1-19(27,20(21,22)23)15-6-8-16(9-7-15)26-11-10-25(34(30,31)18-5-4-12-32-18)14-17(26)13-24(2)33(3,28)29/h4-9,12,17,27H,10-11,13-14H2,1-3H3/t17-,19?/m0/s1. The number of thiophene rings is 1. The highest BCUT2D eigenvalue weighted by Crippen LogP contribution is 2.39. The van der Waals surface area contributed by atoms with Crippen molar-refractivity contribution >= 4 is 37.1 Å². The van der Waals surface area contributed by atoms with Crippen LogP contribution < -0.4 is 4.90 Å². The van der Waals surface area contributed by atoms with Gasteiger partial charge in [0.2, 0.25) is 10.0 Å². The van der Waals surface area contributed by atoms with Crippen LogP contribution in [0.3, 0.4) is 0 Å². The lowest BCUT2D eigenvalue weighted by Crippen LogP contribution is -2.58. The smallest absolute Gasteiger partial charge is 0.376 e. The summed E-state index contributed by atoms with van der Waals surface area (Å²) in [6.07, 6.45) is -3.83. The van der Waals surface area contributed by atoms with Gasteiger partial charge in [0.1, 0.15) is 4.21 Å². The molecule has 1 saturated heterocycles. The van der Waals surface area contributed by atoms with E-state index in [1.165, 1.54) is 29.6 Å². The molecule has 0 aliphatic carbocycles. The Morgan fingerprint density at radius 2 is 1.74 bits per heavy atom. The number of hydrogen-bond donors (Lipinski definition) is 1. The van der Waals surface area contributed by atoms with Crippen LogP contribution in [0.4, 0.5) is 18.9 Å². The zero-order chi connectivity index (χ0) is 25.5. The molecular weight excluding hydrogens is 515 g/mol. The van der Waals surface area contributed by atoms with E-state index in [0.717, 1.165) is 34.0 Å². The summed E-state index contributed by atoms with van der Waals surface area (Å²) in [6.45, 7) is 0.933. The molecule has 0 radical (unpaired) electrons. The number of piperazine rings is 1. The van der Waals surface area contributed by atoms with Gasteiger partial charge in [0.05, 0.1) is 12.3 Å². The molecule has 0 saturated carbocycles. The topological polar surface area (TPSA) is 98.2 Å². The van der Waals surface area contributed by atoms with Crippen LogP contribution in [0.2, 0.25) is 0 Å². The Kier molecular flexibility index (Phi) is 7.43. The van der Waals surface area contributed by atoms with Crippen LogP contribution in [-0.4, -0.2) is 82.3 Å². The molecule has 8 nitrogen and oxygen atoms in total. The highest BCUT2D eigenvalue weighted by atomic mass is 32.2. The maximum Gasteiger partial charge on any atom is 0.421 e. The van der Waals surface area contributed by atoms with E-state index in [-0.39, 0.29) is 36.0 Å². The minimum atomic E-state index is -4.86. The van der Waals surface area contributed by atoms with Crippen LogP contribution in [0.5, 0.6) is 0 Å². The molecule has 190 valence electrons. The first kappa shape index (κ1) is 26.9. The SMILES string of the molecule is CN(C[C@H]1CN(S(=O)(=O)c2cccs2)CCN1c1ccc(C(C)(O)C(F)(F)F)cc1)S(C)(=O)=O. The second kappa shape index (κ2) is 9.39. The molecule has 0 spiro atoms. The van der Waals surface area contributed by atoms with E-state index in [2.05, 4.69) is 0 Å². The number of aliphatic hydroxyl groups is 1.